The van der Waals surface area contributed by atoms with Crippen LogP contribution in [0.1, 0.15) is 5.56 Å². The summed E-state index contributed by atoms with van der Waals surface area (Å²) in [6.07, 6.45) is 0. The number of rotatable bonds is 6. The van der Waals surface area contributed by atoms with E-state index < -0.39 is 0 Å². The Bertz CT molecular complexity index is 327. The molecule has 0 unspecified atom stereocenters. The summed E-state index contributed by atoms with van der Waals surface area (Å²) >= 11 is 3.35. The number of hydrogen-bond donors (Lipinski definition) is 2. The summed E-state index contributed by atoms with van der Waals surface area (Å²) in [7, 11) is 0. The largest absolute Gasteiger partial charge is 0.370 e. The molecule has 1 amide bonds. The highest BCUT2D eigenvalue weighted by molar-refractivity contribution is 9.10. The van der Waals surface area contributed by atoms with Gasteiger partial charge in [0.1, 0.15) is 6.61 Å². The zero-order chi connectivity index (χ0) is 11.8. The molecule has 1 aromatic rings. The third-order valence-electron chi connectivity index (χ3n) is 1.90. The van der Waals surface area contributed by atoms with Gasteiger partial charge in [-0.25, -0.2) is 0 Å². The molecule has 0 atom stereocenters. The average molecular weight is 287 g/mol. The second-order valence-electron chi connectivity index (χ2n) is 3.24. The van der Waals surface area contributed by atoms with Crippen LogP contribution in [0.15, 0.2) is 28.7 Å². The van der Waals surface area contributed by atoms with Gasteiger partial charge >= 0.3 is 0 Å². The summed E-state index contributed by atoms with van der Waals surface area (Å²) in [5.41, 5.74) is 6.28. The van der Waals surface area contributed by atoms with Crippen molar-refractivity contribution in [1.29, 1.82) is 0 Å². The van der Waals surface area contributed by atoms with Crippen LogP contribution in [0.2, 0.25) is 0 Å². The topological polar surface area (TPSA) is 64.3 Å². The first-order chi connectivity index (χ1) is 7.72. The van der Waals surface area contributed by atoms with Crippen molar-refractivity contribution in [2.24, 2.45) is 5.73 Å². The molecular formula is C11H15BrN2O2. The quantitative estimate of drug-likeness (QED) is 0.768. The zero-order valence-corrected chi connectivity index (χ0v) is 10.5. The van der Waals surface area contributed by atoms with E-state index in [1.807, 2.05) is 24.3 Å². The van der Waals surface area contributed by atoms with Crippen molar-refractivity contribution >= 4 is 21.8 Å². The van der Waals surface area contributed by atoms with Gasteiger partial charge in [0, 0.05) is 17.6 Å². The van der Waals surface area contributed by atoms with Crippen molar-refractivity contribution in [2.75, 3.05) is 19.8 Å². The molecule has 88 valence electrons. The van der Waals surface area contributed by atoms with Crippen LogP contribution in [0, 0.1) is 0 Å². The van der Waals surface area contributed by atoms with Crippen LogP contribution in [0.3, 0.4) is 0 Å². The molecule has 0 spiro atoms. The fourth-order valence-electron chi connectivity index (χ4n) is 1.10. The minimum Gasteiger partial charge on any atom is -0.370 e. The highest BCUT2D eigenvalue weighted by Gasteiger charge is 2.00. The number of nitrogens with one attached hydrogen (secondary N) is 1. The van der Waals surface area contributed by atoms with Crippen LogP contribution in [-0.4, -0.2) is 25.7 Å². The number of benzene rings is 1. The molecule has 1 rings (SSSR count). The van der Waals surface area contributed by atoms with Crippen molar-refractivity contribution in [3.8, 4) is 0 Å². The van der Waals surface area contributed by atoms with Crippen LogP contribution in [0.25, 0.3) is 0 Å². The van der Waals surface area contributed by atoms with Gasteiger partial charge in [-0.05, 0) is 17.7 Å². The van der Waals surface area contributed by atoms with E-state index in [1.165, 1.54) is 0 Å². The molecule has 4 nitrogen and oxygen atoms in total. The molecule has 3 N–H and O–H groups in total. The molecule has 0 aliphatic carbocycles. The summed E-state index contributed by atoms with van der Waals surface area (Å²) in [5, 5.41) is 2.76. The van der Waals surface area contributed by atoms with E-state index in [4.69, 9.17) is 10.5 Å². The maximum atomic E-state index is 11.3. The van der Waals surface area contributed by atoms with Gasteiger partial charge in [-0.2, -0.15) is 0 Å². The monoisotopic (exact) mass is 286 g/mol. The Morgan fingerprint density at radius 3 is 2.69 bits per heavy atom. The van der Waals surface area contributed by atoms with E-state index in [-0.39, 0.29) is 12.5 Å². The van der Waals surface area contributed by atoms with Crippen LogP contribution >= 0.6 is 15.9 Å². The Hall–Kier alpha value is -0.910. The molecule has 1 aromatic carbocycles. The molecule has 0 aliphatic rings. The van der Waals surface area contributed by atoms with Crippen molar-refractivity contribution in [1.82, 2.24) is 5.32 Å². The lowest BCUT2D eigenvalue weighted by Gasteiger charge is -2.05. The Balaban J connectivity index is 2.23. The summed E-state index contributed by atoms with van der Waals surface area (Å²) in [6.45, 7) is 1.41. The Kier molecular flexibility index (Phi) is 6.07. The van der Waals surface area contributed by atoms with Crippen molar-refractivity contribution in [3.63, 3.8) is 0 Å². The molecule has 16 heavy (non-hydrogen) atoms. The predicted molar refractivity (Wildman–Crippen MR) is 65.9 cm³/mol. The minimum atomic E-state index is -0.128. The van der Waals surface area contributed by atoms with Gasteiger partial charge in [0.15, 0.2) is 0 Å². The summed E-state index contributed by atoms with van der Waals surface area (Å²) in [6, 6.07) is 7.77. The number of halogens is 1. The van der Waals surface area contributed by atoms with Gasteiger partial charge in [0.25, 0.3) is 0 Å². The van der Waals surface area contributed by atoms with E-state index in [9.17, 15) is 4.79 Å². The van der Waals surface area contributed by atoms with Crippen molar-refractivity contribution < 1.29 is 9.53 Å². The highest BCUT2D eigenvalue weighted by atomic mass is 79.9. The standard InChI is InChI=1S/C11H15BrN2O2/c12-10-3-1-9(2-4-10)7-14-11(15)8-16-6-5-13/h1-4H,5-8,13H2,(H,14,15). The number of nitrogens with two attached hydrogens (primary N) is 1. The number of ether oxygens (including phenoxy) is 1. The summed E-state index contributed by atoms with van der Waals surface area (Å²) in [5.74, 6) is -0.128. The van der Waals surface area contributed by atoms with Crippen LogP contribution in [0.4, 0.5) is 0 Å². The molecule has 0 saturated carbocycles. The van der Waals surface area contributed by atoms with Gasteiger partial charge < -0.3 is 15.8 Å². The lowest BCUT2D eigenvalue weighted by molar-refractivity contribution is -0.125. The van der Waals surface area contributed by atoms with E-state index in [0.29, 0.717) is 19.7 Å². The molecule has 0 aromatic heterocycles. The Morgan fingerprint density at radius 1 is 1.38 bits per heavy atom. The first-order valence-corrected chi connectivity index (χ1v) is 5.80. The normalized spacial score (nSPS) is 10.1. The van der Waals surface area contributed by atoms with Gasteiger partial charge in [-0.15, -0.1) is 0 Å². The molecule has 0 heterocycles. The first-order valence-electron chi connectivity index (χ1n) is 5.01. The van der Waals surface area contributed by atoms with Gasteiger partial charge in [-0.3, -0.25) is 4.79 Å². The average Bonchev–Trinajstić information content (AvgIpc) is 2.29. The molecule has 0 bridgehead atoms. The second-order valence-corrected chi connectivity index (χ2v) is 4.16. The Morgan fingerprint density at radius 2 is 2.06 bits per heavy atom. The zero-order valence-electron chi connectivity index (χ0n) is 8.91. The fraction of sp³-hybridized carbons (Fsp3) is 0.364. The number of carbonyl (C=O) groups excluding carboxylic acids is 1. The van der Waals surface area contributed by atoms with Crippen LogP contribution in [0.5, 0.6) is 0 Å². The first kappa shape index (κ1) is 13.2. The molecule has 0 fully saturated rings. The lowest BCUT2D eigenvalue weighted by atomic mass is 10.2. The molecular weight excluding hydrogens is 272 g/mol. The van der Waals surface area contributed by atoms with Crippen molar-refractivity contribution in [2.45, 2.75) is 6.54 Å². The summed E-state index contributed by atoms with van der Waals surface area (Å²) < 4.78 is 6.03. The number of hydrogen-bond acceptors (Lipinski definition) is 3. The van der Waals surface area contributed by atoms with Crippen molar-refractivity contribution in [3.05, 3.63) is 34.3 Å². The molecule has 0 radical (unpaired) electrons. The third kappa shape index (κ3) is 5.25. The predicted octanol–water partition coefficient (Wildman–Crippen LogP) is 1.04. The van der Waals surface area contributed by atoms with Gasteiger partial charge in [0.2, 0.25) is 5.91 Å². The van der Waals surface area contributed by atoms with E-state index in [1.54, 1.807) is 0 Å². The van der Waals surface area contributed by atoms with E-state index in [0.717, 1.165) is 10.0 Å². The molecule has 5 heteroatoms. The molecule has 0 aliphatic heterocycles. The van der Waals surface area contributed by atoms with Gasteiger partial charge in [0.05, 0.1) is 6.61 Å². The smallest absolute Gasteiger partial charge is 0.246 e. The minimum absolute atomic E-state index is 0.0632. The van der Waals surface area contributed by atoms with E-state index >= 15 is 0 Å². The van der Waals surface area contributed by atoms with Gasteiger partial charge in [-0.1, -0.05) is 28.1 Å². The maximum absolute atomic E-state index is 11.3. The SMILES string of the molecule is NCCOCC(=O)NCc1ccc(Br)cc1. The third-order valence-corrected chi connectivity index (χ3v) is 2.43. The maximum Gasteiger partial charge on any atom is 0.246 e. The number of amides is 1. The fourth-order valence-corrected chi connectivity index (χ4v) is 1.37. The molecule has 0 saturated heterocycles. The van der Waals surface area contributed by atoms with Crippen LogP contribution < -0.4 is 11.1 Å². The summed E-state index contributed by atoms with van der Waals surface area (Å²) in [4.78, 5) is 11.3. The lowest BCUT2D eigenvalue weighted by Crippen LogP contribution is -2.28. The van der Waals surface area contributed by atoms with Crippen LogP contribution in [-0.2, 0) is 16.1 Å². The number of carbonyl (C=O) groups is 1. The second kappa shape index (κ2) is 7.38. The highest BCUT2D eigenvalue weighted by Crippen LogP contribution is 2.09. The Labute approximate surface area is 103 Å². The van der Waals surface area contributed by atoms with E-state index in [2.05, 4.69) is 21.2 Å².